The van der Waals surface area contributed by atoms with E-state index < -0.39 is 11.2 Å². The molecule has 0 aliphatic heterocycles. The Kier molecular flexibility index (Phi) is 3.99. The molecule has 120 valence electrons. The molecular formula is C14H14N4O3S2. The first kappa shape index (κ1) is 15.8. The summed E-state index contributed by atoms with van der Waals surface area (Å²) < 4.78 is 4.08. The topological polar surface area (TPSA) is 78.9 Å². The van der Waals surface area contributed by atoms with Crippen molar-refractivity contribution in [3.05, 3.63) is 43.2 Å². The summed E-state index contributed by atoms with van der Waals surface area (Å²) in [5.41, 5.74) is -0.167. The van der Waals surface area contributed by atoms with Crippen LogP contribution in [0, 0.1) is 0 Å². The Morgan fingerprint density at radius 3 is 2.61 bits per heavy atom. The summed E-state index contributed by atoms with van der Waals surface area (Å²) in [4.78, 5) is 41.3. The van der Waals surface area contributed by atoms with E-state index in [9.17, 15) is 14.4 Å². The Balaban J connectivity index is 2.00. The molecule has 0 aliphatic rings. The molecule has 0 saturated carbocycles. The molecule has 0 atom stereocenters. The molecule has 0 bridgehead atoms. The van der Waals surface area contributed by atoms with E-state index in [1.807, 2.05) is 11.4 Å². The highest BCUT2D eigenvalue weighted by Crippen LogP contribution is 2.22. The highest BCUT2D eigenvalue weighted by atomic mass is 32.2. The van der Waals surface area contributed by atoms with Crippen LogP contribution in [0.15, 0.2) is 32.3 Å². The summed E-state index contributed by atoms with van der Waals surface area (Å²) in [5.74, 6) is 0.241. The predicted octanol–water partition coefficient (Wildman–Crippen LogP) is 1.01. The molecular weight excluding hydrogens is 336 g/mol. The van der Waals surface area contributed by atoms with Crippen molar-refractivity contribution in [2.24, 2.45) is 21.1 Å². The number of imidazole rings is 1. The molecule has 0 fully saturated rings. The number of ketones is 1. The second-order valence-corrected chi connectivity index (χ2v) is 6.91. The minimum absolute atomic E-state index is 0.0128. The fraction of sp³-hybridized carbons (Fsp3) is 0.286. The van der Waals surface area contributed by atoms with Crippen molar-refractivity contribution in [2.75, 3.05) is 5.75 Å². The van der Waals surface area contributed by atoms with E-state index in [2.05, 4.69) is 4.98 Å². The van der Waals surface area contributed by atoms with Crippen molar-refractivity contribution in [2.45, 2.75) is 5.16 Å². The summed E-state index contributed by atoms with van der Waals surface area (Å²) in [5, 5.41) is 2.38. The van der Waals surface area contributed by atoms with Crippen LogP contribution in [0.3, 0.4) is 0 Å². The quantitative estimate of drug-likeness (QED) is 0.518. The molecule has 0 aliphatic carbocycles. The van der Waals surface area contributed by atoms with Gasteiger partial charge >= 0.3 is 5.69 Å². The van der Waals surface area contributed by atoms with Crippen molar-refractivity contribution < 1.29 is 4.79 Å². The molecule has 0 spiro atoms. The van der Waals surface area contributed by atoms with Crippen LogP contribution >= 0.6 is 23.1 Å². The van der Waals surface area contributed by atoms with Gasteiger partial charge in [0.15, 0.2) is 22.1 Å². The fourth-order valence-electron chi connectivity index (χ4n) is 2.33. The number of aryl methyl sites for hydroxylation is 2. The number of carbonyl (C=O) groups excluding carboxylic acids is 1. The minimum Gasteiger partial charge on any atom is -0.308 e. The maximum Gasteiger partial charge on any atom is 0.332 e. The van der Waals surface area contributed by atoms with Gasteiger partial charge in [-0.05, 0) is 11.4 Å². The lowest BCUT2D eigenvalue weighted by Crippen LogP contribution is -2.37. The van der Waals surface area contributed by atoms with Gasteiger partial charge in [0.1, 0.15) is 0 Å². The number of thiophene rings is 1. The highest BCUT2D eigenvalue weighted by Gasteiger charge is 2.18. The molecule has 0 radical (unpaired) electrons. The van der Waals surface area contributed by atoms with Gasteiger partial charge in [-0.15, -0.1) is 11.3 Å². The van der Waals surface area contributed by atoms with E-state index in [0.717, 1.165) is 4.57 Å². The standard InChI is InChI=1S/C14H14N4O3S2/c1-16-11-10(12(20)18(3)14(21)17(11)2)15-13(16)23-7-8(19)9-5-4-6-22-9/h4-6H,7H2,1-3H3. The van der Waals surface area contributed by atoms with Crippen molar-refractivity contribution in [1.82, 2.24) is 18.7 Å². The maximum absolute atomic E-state index is 12.2. The van der Waals surface area contributed by atoms with Gasteiger partial charge in [-0.2, -0.15) is 0 Å². The van der Waals surface area contributed by atoms with Crippen molar-refractivity contribution in [3.63, 3.8) is 0 Å². The van der Waals surface area contributed by atoms with Crippen LogP contribution in [0.4, 0.5) is 0 Å². The number of thioether (sulfide) groups is 1. The molecule has 0 aromatic carbocycles. The molecule has 3 rings (SSSR count). The zero-order chi connectivity index (χ0) is 16.7. The highest BCUT2D eigenvalue weighted by molar-refractivity contribution is 7.99. The lowest BCUT2D eigenvalue weighted by molar-refractivity contribution is 0.102. The first-order valence-corrected chi connectivity index (χ1v) is 8.60. The second kappa shape index (κ2) is 5.82. The van der Waals surface area contributed by atoms with Gasteiger partial charge in [0, 0.05) is 21.1 Å². The van der Waals surface area contributed by atoms with Gasteiger partial charge in [0.2, 0.25) is 0 Å². The Bertz CT molecular complexity index is 1010. The zero-order valence-corrected chi connectivity index (χ0v) is 14.4. The molecule has 3 heterocycles. The Morgan fingerprint density at radius 2 is 1.96 bits per heavy atom. The number of nitrogens with zero attached hydrogens (tertiary/aromatic N) is 4. The lowest BCUT2D eigenvalue weighted by atomic mass is 10.4. The van der Waals surface area contributed by atoms with Crippen LogP contribution in [0.1, 0.15) is 9.67 Å². The Morgan fingerprint density at radius 1 is 1.22 bits per heavy atom. The van der Waals surface area contributed by atoms with Crippen LogP contribution in [0.2, 0.25) is 0 Å². The number of Topliss-reactive ketones (excluding diaryl/α,β-unsaturated/α-hetero) is 1. The molecule has 9 heteroatoms. The molecule has 0 amide bonds. The van der Waals surface area contributed by atoms with E-state index in [1.54, 1.807) is 24.7 Å². The number of hydrogen-bond acceptors (Lipinski definition) is 6. The maximum atomic E-state index is 12.2. The number of aromatic nitrogens is 4. The van der Waals surface area contributed by atoms with Gasteiger partial charge < -0.3 is 4.57 Å². The van der Waals surface area contributed by atoms with Crippen LogP contribution in [-0.4, -0.2) is 30.2 Å². The summed E-state index contributed by atoms with van der Waals surface area (Å²) in [6, 6.07) is 3.61. The first-order chi connectivity index (χ1) is 10.9. The van der Waals surface area contributed by atoms with Crippen molar-refractivity contribution >= 4 is 40.0 Å². The second-order valence-electron chi connectivity index (χ2n) is 5.02. The number of carbonyl (C=O) groups is 1. The smallest absolute Gasteiger partial charge is 0.308 e. The molecule has 0 saturated heterocycles. The summed E-state index contributed by atoms with van der Waals surface area (Å²) in [6.07, 6.45) is 0. The minimum atomic E-state index is -0.435. The van der Waals surface area contributed by atoms with Crippen LogP contribution < -0.4 is 11.2 Å². The van der Waals surface area contributed by atoms with Gasteiger partial charge in [-0.25, -0.2) is 9.78 Å². The average Bonchev–Trinajstić information content (AvgIpc) is 3.17. The summed E-state index contributed by atoms with van der Waals surface area (Å²) in [6.45, 7) is 0. The first-order valence-electron chi connectivity index (χ1n) is 6.73. The molecule has 0 unspecified atom stereocenters. The van der Waals surface area contributed by atoms with Crippen LogP contribution in [0.5, 0.6) is 0 Å². The fourth-order valence-corrected chi connectivity index (χ4v) is 3.93. The van der Waals surface area contributed by atoms with E-state index in [1.165, 1.54) is 34.7 Å². The Labute approximate surface area is 139 Å². The van der Waals surface area contributed by atoms with E-state index >= 15 is 0 Å². The normalized spacial score (nSPS) is 11.3. The number of rotatable bonds is 4. The largest absolute Gasteiger partial charge is 0.332 e. The van der Waals surface area contributed by atoms with Crippen molar-refractivity contribution in [1.29, 1.82) is 0 Å². The average molecular weight is 350 g/mol. The van der Waals surface area contributed by atoms with Gasteiger partial charge in [-0.1, -0.05) is 17.8 Å². The number of fused-ring (bicyclic) bond motifs is 1. The summed E-state index contributed by atoms with van der Waals surface area (Å²) in [7, 11) is 4.75. The van der Waals surface area contributed by atoms with E-state index in [0.29, 0.717) is 15.7 Å². The molecule has 23 heavy (non-hydrogen) atoms. The van der Waals surface area contributed by atoms with E-state index in [4.69, 9.17) is 0 Å². The van der Waals surface area contributed by atoms with Crippen LogP contribution in [0.25, 0.3) is 11.2 Å². The SMILES string of the molecule is Cn1c(=O)c2nc(SCC(=O)c3cccs3)n(C)c2n(C)c1=O. The summed E-state index contributed by atoms with van der Waals surface area (Å²) >= 11 is 2.65. The van der Waals surface area contributed by atoms with Gasteiger partial charge in [-0.3, -0.25) is 18.7 Å². The van der Waals surface area contributed by atoms with Crippen molar-refractivity contribution in [3.8, 4) is 0 Å². The van der Waals surface area contributed by atoms with E-state index in [-0.39, 0.29) is 17.1 Å². The molecule has 0 N–H and O–H groups in total. The lowest BCUT2D eigenvalue weighted by Gasteiger charge is -2.05. The van der Waals surface area contributed by atoms with Gasteiger partial charge in [0.25, 0.3) is 5.56 Å². The monoisotopic (exact) mass is 350 g/mol. The Hall–Kier alpha value is -2.13. The predicted molar refractivity (Wildman–Crippen MR) is 90.6 cm³/mol. The third-order valence-electron chi connectivity index (χ3n) is 3.55. The third kappa shape index (κ3) is 2.55. The molecule has 3 aromatic rings. The number of hydrogen-bond donors (Lipinski definition) is 0. The molecule has 3 aromatic heterocycles. The van der Waals surface area contributed by atoms with Gasteiger partial charge in [0.05, 0.1) is 10.6 Å². The molecule has 7 nitrogen and oxygen atoms in total. The van der Waals surface area contributed by atoms with Crippen LogP contribution in [-0.2, 0) is 21.1 Å². The third-order valence-corrected chi connectivity index (χ3v) is 5.49. The zero-order valence-electron chi connectivity index (χ0n) is 12.8.